The molecule has 0 spiro atoms. The van der Waals surface area contributed by atoms with Gasteiger partial charge in [0.15, 0.2) is 0 Å². The SMILES string of the molecule is CC(=O)NC(CC(=O)NCC(C)(C)CCO)c1ccc(C)cc1. The molecule has 1 rings (SSSR count). The number of carbonyl (C=O) groups is 2. The monoisotopic (exact) mass is 320 g/mol. The van der Waals surface area contributed by atoms with Crippen LogP contribution in [0.3, 0.4) is 0 Å². The topological polar surface area (TPSA) is 78.4 Å². The van der Waals surface area contributed by atoms with Gasteiger partial charge in [0, 0.05) is 20.1 Å². The third-order valence-corrected chi connectivity index (χ3v) is 3.80. The molecule has 0 saturated carbocycles. The summed E-state index contributed by atoms with van der Waals surface area (Å²) < 4.78 is 0. The van der Waals surface area contributed by atoms with Crippen LogP contribution in [0.25, 0.3) is 0 Å². The Kier molecular flexibility index (Phi) is 7.23. The van der Waals surface area contributed by atoms with Gasteiger partial charge in [-0.2, -0.15) is 0 Å². The summed E-state index contributed by atoms with van der Waals surface area (Å²) in [4.78, 5) is 23.6. The number of aliphatic hydroxyl groups excluding tert-OH is 1. The second-order valence-corrected chi connectivity index (χ2v) is 6.78. The second-order valence-electron chi connectivity index (χ2n) is 6.78. The van der Waals surface area contributed by atoms with Crippen molar-refractivity contribution in [3.63, 3.8) is 0 Å². The Labute approximate surface area is 138 Å². The van der Waals surface area contributed by atoms with E-state index in [0.29, 0.717) is 13.0 Å². The van der Waals surface area contributed by atoms with Crippen LogP contribution in [0.5, 0.6) is 0 Å². The zero-order valence-corrected chi connectivity index (χ0v) is 14.5. The standard InChI is InChI=1S/C18H28N2O3/c1-13-5-7-15(8-6-13)16(20-14(2)22)11-17(23)19-12-18(3,4)9-10-21/h5-8,16,21H,9-12H2,1-4H3,(H,19,23)(H,20,22). The molecule has 23 heavy (non-hydrogen) atoms. The van der Waals surface area contributed by atoms with Crippen LogP contribution in [0.15, 0.2) is 24.3 Å². The molecule has 1 atom stereocenters. The normalized spacial score (nSPS) is 12.6. The van der Waals surface area contributed by atoms with Crippen LogP contribution in [0.1, 0.15) is 50.8 Å². The van der Waals surface area contributed by atoms with E-state index in [9.17, 15) is 9.59 Å². The van der Waals surface area contributed by atoms with Crippen LogP contribution >= 0.6 is 0 Å². The highest BCUT2D eigenvalue weighted by atomic mass is 16.3. The van der Waals surface area contributed by atoms with E-state index in [1.807, 2.05) is 45.0 Å². The van der Waals surface area contributed by atoms with E-state index in [4.69, 9.17) is 5.11 Å². The third kappa shape index (κ3) is 7.28. The first-order chi connectivity index (χ1) is 10.7. The number of hydrogen-bond donors (Lipinski definition) is 3. The van der Waals surface area contributed by atoms with Gasteiger partial charge in [-0.15, -0.1) is 0 Å². The average Bonchev–Trinajstić information content (AvgIpc) is 2.45. The van der Waals surface area contributed by atoms with E-state index in [-0.39, 0.29) is 36.3 Å². The van der Waals surface area contributed by atoms with Gasteiger partial charge in [-0.05, 0) is 24.3 Å². The fourth-order valence-corrected chi connectivity index (χ4v) is 2.28. The van der Waals surface area contributed by atoms with E-state index < -0.39 is 0 Å². The quantitative estimate of drug-likeness (QED) is 0.686. The predicted molar refractivity (Wildman–Crippen MR) is 90.8 cm³/mol. The van der Waals surface area contributed by atoms with Gasteiger partial charge in [-0.25, -0.2) is 0 Å². The van der Waals surface area contributed by atoms with Gasteiger partial charge in [0.05, 0.1) is 12.5 Å². The van der Waals surface area contributed by atoms with Crippen molar-refractivity contribution in [2.45, 2.75) is 46.6 Å². The van der Waals surface area contributed by atoms with Crippen molar-refractivity contribution in [2.75, 3.05) is 13.2 Å². The molecule has 0 aliphatic carbocycles. The average molecular weight is 320 g/mol. The predicted octanol–water partition coefficient (Wildman–Crippen LogP) is 2.09. The van der Waals surface area contributed by atoms with Gasteiger partial charge in [0.25, 0.3) is 0 Å². The molecule has 1 unspecified atom stereocenters. The lowest BCUT2D eigenvalue weighted by atomic mass is 9.89. The van der Waals surface area contributed by atoms with Crippen molar-refractivity contribution in [2.24, 2.45) is 5.41 Å². The Morgan fingerprint density at radius 2 is 1.83 bits per heavy atom. The molecule has 3 N–H and O–H groups in total. The number of carbonyl (C=O) groups excluding carboxylic acids is 2. The van der Waals surface area contributed by atoms with Crippen molar-refractivity contribution in [1.82, 2.24) is 10.6 Å². The highest BCUT2D eigenvalue weighted by Gasteiger charge is 2.21. The Hall–Kier alpha value is -1.88. The van der Waals surface area contributed by atoms with Crippen molar-refractivity contribution in [1.29, 1.82) is 0 Å². The molecule has 1 aromatic carbocycles. The maximum atomic E-state index is 12.2. The maximum Gasteiger partial charge on any atom is 0.222 e. The summed E-state index contributed by atoms with van der Waals surface area (Å²) in [5.74, 6) is -0.278. The molecule has 0 radical (unpaired) electrons. The van der Waals surface area contributed by atoms with Gasteiger partial charge < -0.3 is 15.7 Å². The highest BCUT2D eigenvalue weighted by Crippen LogP contribution is 2.20. The van der Waals surface area contributed by atoms with Crippen molar-refractivity contribution < 1.29 is 14.7 Å². The first-order valence-electron chi connectivity index (χ1n) is 7.95. The molecular weight excluding hydrogens is 292 g/mol. The summed E-state index contributed by atoms with van der Waals surface area (Å²) in [6, 6.07) is 7.45. The number of rotatable bonds is 8. The summed E-state index contributed by atoms with van der Waals surface area (Å²) in [5, 5.41) is 14.7. The van der Waals surface area contributed by atoms with E-state index in [1.54, 1.807) is 0 Å². The summed E-state index contributed by atoms with van der Waals surface area (Å²) in [6.07, 6.45) is 0.818. The zero-order chi connectivity index (χ0) is 17.5. The minimum absolute atomic E-state index is 0.0980. The van der Waals surface area contributed by atoms with Crippen molar-refractivity contribution >= 4 is 11.8 Å². The Balaban J connectivity index is 2.68. The summed E-state index contributed by atoms with van der Waals surface area (Å²) in [5.41, 5.74) is 1.89. The largest absolute Gasteiger partial charge is 0.396 e. The summed E-state index contributed by atoms with van der Waals surface area (Å²) in [6.45, 7) is 8.02. The van der Waals surface area contributed by atoms with Crippen LogP contribution in [0, 0.1) is 12.3 Å². The Bertz CT molecular complexity index is 524. The molecule has 0 heterocycles. The van der Waals surface area contributed by atoms with Crippen LogP contribution in [0.2, 0.25) is 0 Å². The molecule has 2 amide bonds. The third-order valence-electron chi connectivity index (χ3n) is 3.80. The van der Waals surface area contributed by atoms with Crippen LogP contribution < -0.4 is 10.6 Å². The first-order valence-corrected chi connectivity index (χ1v) is 7.95. The van der Waals surface area contributed by atoms with Crippen LogP contribution in [0.4, 0.5) is 0 Å². The van der Waals surface area contributed by atoms with Crippen LogP contribution in [-0.4, -0.2) is 30.1 Å². The smallest absolute Gasteiger partial charge is 0.222 e. The zero-order valence-electron chi connectivity index (χ0n) is 14.5. The van der Waals surface area contributed by atoms with Crippen molar-refractivity contribution in [3.05, 3.63) is 35.4 Å². The lowest BCUT2D eigenvalue weighted by molar-refractivity contribution is -0.123. The van der Waals surface area contributed by atoms with Crippen molar-refractivity contribution in [3.8, 4) is 0 Å². The van der Waals surface area contributed by atoms with E-state index in [2.05, 4.69) is 10.6 Å². The fraction of sp³-hybridized carbons (Fsp3) is 0.556. The lowest BCUT2D eigenvalue weighted by Gasteiger charge is -2.25. The number of nitrogens with one attached hydrogen (secondary N) is 2. The first kappa shape index (κ1) is 19.2. The molecule has 0 saturated heterocycles. The van der Waals surface area contributed by atoms with Gasteiger partial charge in [0.2, 0.25) is 11.8 Å². The second kappa shape index (κ2) is 8.67. The molecule has 5 nitrogen and oxygen atoms in total. The fourth-order valence-electron chi connectivity index (χ4n) is 2.28. The number of aryl methyl sites for hydroxylation is 1. The Morgan fingerprint density at radius 3 is 2.35 bits per heavy atom. The van der Waals surface area contributed by atoms with Gasteiger partial charge in [-0.1, -0.05) is 43.7 Å². The number of aliphatic hydroxyl groups is 1. The summed E-state index contributed by atoms with van der Waals surface area (Å²) in [7, 11) is 0. The summed E-state index contributed by atoms with van der Waals surface area (Å²) >= 11 is 0. The van der Waals surface area contributed by atoms with E-state index in [1.165, 1.54) is 6.92 Å². The molecule has 5 heteroatoms. The molecular formula is C18H28N2O3. The minimum Gasteiger partial charge on any atom is -0.396 e. The highest BCUT2D eigenvalue weighted by molar-refractivity contribution is 5.79. The van der Waals surface area contributed by atoms with E-state index in [0.717, 1.165) is 11.1 Å². The number of benzene rings is 1. The lowest BCUT2D eigenvalue weighted by Crippen LogP contribution is -2.37. The van der Waals surface area contributed by atoms with Gasteiger partial charge in [-0.3, -0.25) is 9.59 Å². The Morgan fingerprint density at radius 1 is 1.22 bits per heavy atom. The number of amides is 2. The molecule has 0 fully saturated rings. The maximum absolute atomic E-state index is 12.2. The molecule has 0 bridgehead atoms. The van der Waals surface area contributed by atoms with E-state index >= 15 is 0 Å². The molecule has 0 aliphatic heterocycles. The number of hydrogen-bond acceptors (Lipinski definition) is 3. The molecule has 128 valence electrons. The molecule has 0 aliphatic rings. The molecule has 1 aromatic rings. The minimum atomic E-state index is -0.339. The van der Waals surface area contributed by atoms with Gasteiger partial charge in [0.1, 0.15) is 0 Å². The van der Waals surface area contributed by atoms with Gasteiger partial charge >= 0.3 is 0 Å². The van der Waals surface area contributed by atoms with Crippen LogP contribution in [-0.2, 0) is 9.59 Å². The molecule has 0 aromatic heterocycles.